The van der Waals surface area contributed by atoms with Crippen LogP contribution in [0.4, 0.5) is 5.69 Å². The average molecular weight is 331 g/mol. The molecule has 3 aromatic rings. The molecule has 6 heteroatoms. The number of nitrogens with one attached hydrogen (secondary N) is 2. The monoisotopic (exact) mass is 330 g/mol. The Balaban J connectivity index is 1.87. The van der Waals surface area contributed by atoms with Crippen LogP contribution in [0.2, 0.25) is 0 Å². The van der Waals surface area contributed by atoms with E-state index in [0.717, 1.165) is 15.2 Å². The van der Waals surface area contributed by atoms with Crippen molar-refractivity contribution in [3.63, 3.8) is 0 Å². The summed E-state index contributed by atoms with van der Waals surface area (Å²) in [6, 6.07) is 11.7. The fourth-order valence-corrected chi connectivity index (χ4v) is 2.30. The molecule has 0 bridgehead atoms. The molecule has 0 radical (unpaired) electrons. The first-order chi connectivity index (χ1) is 9.61. The van der Waals surface area contributed by atoms with Crippen LogP contribution in [0.15, 0.2) is 40.9 Å². The van der Waals surface area contributed by atoms with Crippen molar-refractivity contribution in [2.45, 2.75) is 6.92 Å². The Hall–Kier alpha value is -2.21. The highest BCUT2D eigenvalue weighted by atomic mass is 79.9. The molecule has 0 spiro atoms. The summed E-state index contributed by atoms with van der Waals surface area (Å²) >= 11 is 3.43. The minimum Gasteiger partial charge on any atom is -0.319 e. The van der Waals surface area contributed by atoms with Crippen molar-refractivity contribution in [1.29, 1.82) is 0 Å². The zero-order chi connectivity index (χ0) is 14.1. The van der Waals surface area contributed by atoms with Gasteiger partial charge < -0.3 is 5.32 Å². The molecule has 0 aliphatic carbocycles. The lowest BCUT2D eigenvalue weighted by Crippen LogP contribution is -2.13. The van der Waals surface area contributed by atoms with E-state index in [1.165, 1.54) is 0 Å². The highest BCUT2D eigenvalue weighted by Gasteiger charge is 2.11. The van der Waals surface area contributed by atoms with Gasteiger partial charge in [0.1, 0.15) is 5.82 Å². The van der Waals surface area contributed by atoms with E-state index in [2.05, 4.69) is 36.4 Å². The van der Waals surface area contributed by atoms with Crippen molar-refractivity contribution in [3.8, 4) is 0 Å². The van der Waals surface area contributed by atoms with E-state index < -0.39 is 0 Å². The molecular weight excluding hydrogens is 320 g/mol. The fraction of sp³-hybridized carbons (Fsp3) is 0.0714. The van der Waals surface area contributed by atoms with Gasteiger partial charge in [-0.2, -0.15) is 0 Å². The van der Waals surface area contributed by atoms with E-state index in [4.69, 9.17) is 0 Å². The topological polar surface area (TPSA) is 70.7 Å². The third-order valence-corrected chi connectivity index (χ3v) is 3.35. The number of aromatic amines is 1. The number of nitrogens with zero attached hydrogens (tertiary/aromatic N) is 2. The van der Waals surface area contributed by atoms with Crippen LogP contribution in [0.3, 0.4) is 0 Å². The Morgan fingerprint density at radius 1 is 1.20 bits per heavy atom. The predicted octanol–water partition coefficient (Wildman–Crippen LogP) is 3.28. The van der Waals surface area contributed by atoms with E-state index in [1.807, 2.05) is 36.4 Å². The van der Waals surface area contributed by atoms with Crippen molar-refractivity contribution in [3.05, 3.63) is 52.5 Å². The van der Waals surface area contributed by atoms with Gasteiger partial charge in [0.05, 0.1) is 0 Å². The van der Waals surface area contributed by atoms with Crippen LogP contribution in [0.1, 0.15) is 16.4 Å². The van der Waals surface area contributed by atoms with E-state index >= 15 is 0 Å². The molecule has 0 atom stereocenters. The van der Waals surface area contributed by atoms with Gasteiger partial charge in [-0.25, -0.2) is 4.98 Å². The molecule has 0 aliphatic heterocycles. The number of fused-ring (bicyclic) bond motifs is 1. The molecule has 0 unspecified atom stereocenters. The number of carbonyl (C=O) groups excluding carboxylic acids is 1. The lowest BCUT2D eigenvalue weighted by atomic mass is 10.1. The second-order valence-electron chi connectivity index (χ2n) is 4.40. The van der Waals surface area contributed by atoms with E-state index in [1.54, 1.807) is 6.92 Å². The van der Waals surface area contributed by atoms with Crippen LogP contribution in [-0.4, -0.2) is 21.1 Å². The molecule has 3 rings (SSSR count). The number of anilines is 1. The Morgan fingerprint density at radius 2 is 1.95 bits per heavy atom. The van der Waals surface area contributed by atoms with Crippen LogP contribution in [0.5, 0.6) is 0 Å². The number of benzene rings is 2. The number of amides is 1. The summed E-state index contributed by atoms with van der Waals surface area (Å²) in [6.07, 6.45) is 0. The summed E-state index contributed by atoms with van der Waals surface area (Å²) in [6.45, 7) is 1.75. The quantitative estimate of drug-likeness (QED) is 0.757. The summed E-state index contributed by atoms with van der Waals surface area (Å²) < 4.78 is 1.03. The van der Waals surface area contributed by atoms with Gasteiger partial charge in [0.25, 0.3) is 5.91 Å². The molecule has 2 N–H and O–H groups in total. The molecule has 0 saturated heterocycles. The first kappa shape index (κ1) is 12.8. The highest BCUT2D eigenvalue weighted by molar-refractivity contribution is 9.10. The number of halogens is 1. The molecule has 1 amide bonds. The number of rotatable bonds is 2. The average Bonchev–Trinajstić information content (AvgIpc) is 2.86. The second kappa shape index (κ2) is 5.05. The van der Waals surface area contributed by atoms with Crippen LogP contribution < -0.4 is 5.32 Å². The third kappa shape index (κ3) is 2.55. The predicted molar refractivity (Wildman–Crippen MR) is 80.7 cm³/mol. The number of aryl methyl sites for hydroxylation is 1. The normalized spacial score (nSPS) is 10.7. The van der Waals surface area contributed by atoms with Crippen LogP contribution in [0, 0.1) is 6.92 Å². The molecule has 2 aromatic carbocycles. The SMILES string of the molecule is Cc1nc(C(=O)Nc2ccc3cc(Br)ccc3c2)n[nH]1. The first-order valence-corrected chi connectivity index (χ1v) is 6.81. The molecular formula is C14H11BrN4O. The molecule has 0 fully saturated rings. The zero-order valence-electron chi connectivity index (χ0n) is 10.6. The second-order valence-corrected chi connectivity index (χ2v) is 5.32. The number of hydrogen-bond donors (Lipinski definition) is 2. The van der Waals surface area contributed by atoms with Crippen molar-refractivity contribution < 1.29 is 4.79 Å². The minimum atomic E-state index is -0.328. The van der Waals surface area contributed by atoms with Gasteiger partial charge in [0.15, 0.2) is 0 Å². The zero-order valence-corrected chi connectivity index (χ0v) is 12.2. The Morgan fingerprint density at radius 3 is 2.70 bits per heavy atom. The lowest BCUT2D eigenvalue weighted by molar-refractivity contribution is 0.101. The smallest absolute Gasteiger partial charge is 0.295 e. The first-order valence-electron chi connectivity index (χ1n) is 6.01. The van der Waals surface area contributed by atoms with E-state index in [0.29, 0.717) is 11.5 Å². The van der Waals surface area contributed by atoms with Crippen LogP contribution in [-0.2, 0) is 0 Å². The van der Waals surface area contributed by atoms with Crippen molar-refractivity contribution in [1.82, 2.24) is 15.2 Å². The molecule has 1 heterocycles. The summed E-state index contributed by atoms with van der Waals surface area (Å²) in [4.78, 5) is 15.9. The molecule has 0 saturated carbocycles. The molecule has 1 aromatic heterocycles. The third-order valence-electron chi connectivity index (χ3n) is 2.86. The lowest BCUT2D eigenvalue weighted by Gasteiger charge is -2.05. The van der Waals surface area contributed by atoms with Gasteiger partial charge in [0, 0.05) is 10.2 Å². The van der Waals surface area contributed by atoms with Gasteiger partial charge >= 0.3 is 0 Å². The van der Waals surface area contributed by atoms with Crippen LogP contribution in [0.25, 0.3) is 10.8 Å². The van der Waals surface area contributed by atoms with E-state index in [9.17, 15) is 4.79 Å². The van der Waals surface area contributed by atoms with Gasteiger partial charge in [-0.15, -0.1) is 5.10 Å². The van der Waals surface area contributed by atoms with Gasteiger partial charge in [-0.1, -0.05) is 28.1 Å². The van der Waals surface area contributed by atoms with Gasteiger partial charge in [0.2, 0.25) is 5.82 Å². The minimum absolute atomic E-state index is 0.137. The fourth-order valence-electron chi connectivity index (χ4n) is 1.93. The maximum atomic E-state index is 12.0. The molecule has 0 aliphatic rings. The Kier molecular flexibility index (Phi) is 3.23. The molecule has 5 nitrogen and oxygen atoms in total. The van der Waals surface area contributed by atoms with Crippen molar-refractivity contribution in [2.24, 2.45) is 0 Å². The van der Waals surface area contributed by atoms with Gasteiger partial charge in [-0.05, 0) is 42.0 Å². The maximum absolute atomic E-state index is 12.0. The Labute approximate surface area is 123 Å². The number of carbonyl (C=O) groups is 1. The number of aromatic nitrogens is 3. The summed E-state index contributed by atoms with van der Waals surface area (Å²) in [5.41, 5.74) is 0.715. The Bertz CT molecular complexity index is 797. The van der Waals surface area contributed by atoms with Crippen LogP contribution >= 0.6 is 15.9 Å². The highest BCUT2D eigenvalue weighted by Crippen LogP contribution is 2.23. The number of H-pyrrole nitrogens is 1. The maximum Gasteiger partial charge on any atom is 0.295 e. The molecule has 20 heavy (non-hydrogen) atoms. The summed E-state index contributed by atoms with van der Waals surface area (Å²) in [5, 5.41) is 11.4. The number of hydrogen-bond acceptors (Lipinski definition) is 3. The van der Waals surface area contributed by atoms with Gasteiger partial charge in [-0.3, -0.25) is 9.89 Å². The summed E-state index contributed by atoms with van der Waals surface area (Å²) in [7, 11) is 0. The molecule has 100 valence electrons. The summed E-state index contributed by atoms with van der Waals surface area (Å²) in [5.74, 6) is 0.419. The van der Waals surface area contributed by atoms with E-state index in [-0.39, 0.29) is 11.7 Å². The standard InChI is InChI=1S/C14H11BrN4O/c1-8-16-13(19-18-8)14(20)17-12-5-3-9-6-11(15)4-2-10(9)7-12/h2-7H,1H3,(H,17,20)(H,16,18,19). The van der Waals surface area contributed by atoms with Crippen molar-refractivity contribution in [2.75, 3.05) is 5.32 Å². The van der Waals surface area contributed by atoms with Crippen molar-refractivity contribution >= 4 is 38.3 Å². The largest absolute Gasteiger partial charge is 0.319 e.